The van der Waals surface area contributed by atoms with E-state index in [0.717, 1.165) is 25.7 Å². The highest BCUT2D eigenvalue weighted by atomic mass is 16.4. The molecular weight excluding hydrogens is 262 g/mol. The van der Waals surface area contributed by atoms with E-state index in [2.05, 4.69) is 16.0 Å². The van der Waals surface area contributed by atoms with Crippen molar-refractivity contribution in [2.75, 3.05) is 0 Å². The van der Waals surface area contributed by atoms with Crippen molar-refractivity contribution in [3.05, 3.63) is 0 Å². The van der Waals surface area contributed by atoms with E-state index < -0.39 is 23.6 Å². The number of carbonyl (C=O) groups is 3. The van der Waals surface area contributed by atoms with Crippen LogP contribution in [0.1, 0.15) is 39.5 Å². The van der Waals surface area contributed by atoms with Gasteiger partial charge in [-0.3, -0.25) is 4.79 Å². The summed E-state index contributed by atoms with van der Waals surface area (Å²) in [5.74, 6) is -1.34. The third-order valence-corrected chi connectivity index (χ3v) is 3.88. The number of aliphatic carboxylic acids is 1. The molecule has 0 spiro atoms. The van der Waals surface area contributed by atoms with Gasteiger partial charge in [0, 0.05) is 6.04 Å². The first-order valence-electron chi connectivity index (χ1n) is 6.95. The lowest BCUT2D eigenvalue weighted by Gasteiger charge is -2.27. The average molecular weight is 283 g/mol. The molecule has 0 bridgehead atoms. The van der Waals surface area contributed by atoms with Crippen LogP contribution in [0.5, 0.6) is 0 Å². The van der Waals surface area contributed by atoms with Gasteiger partial charge in [-0.2, -0.15) is 0 Å². The first-order valence-corrected chi connectivity index (χ1v) is 6.95. The summed E-state index contributed by atoms with van der Waals surface area (Å²) in [4.78, 5) is 34.8. The largest absolute Gasteiger partial charge is 0.480 e. The number of rotatable bonds is 6. The summed E-state index contributed by atoms with van der Waals surface area (Å²) in [6.45, 7) is 3.08. The zero-order chi connectivity index (χ0) is 14.9. The quantitative estimate of drug-likeness (QED) is 0.558. The maximum Gasteiger partial charge on any atom is 0.329 e. The molecule has 2 aliphatic rings. The summed E-state index contributed by atoms with van der Waals surface area (Å²) in [5.41, 5.74) is -1.27. The van der Waals surface area contributed by atoms with E-state index in [1.54, 1.807) is 6.92 Å². The van der Waals surface area contributed by atoms with E-state index in [1.807, 2.05) is 0 Å². The highest BCUT2D eigenvalue weighted by molar-refractivity contribution is 5.90. The van der Waals surface area contributed by atoms with Crippen LogP contribution in [0.3, 0.4) is 0 Å². The van der Waals surface area contributed by atoms with Crippen LogP contribution in [0, 0.1) is 5.92 Å². The molecule has 0 aliphatic heterocycles. The molecule has 2 unspecified atom stereocenters. The van der Waals surface area contributed by atoms with Crippen LogP contribution < -0.4 is 16.0 Å². The Kier molecular flexibility index (Phi) is 3.87. The van der Waals surface area contributed by atoms with Crippen molar-refractivity contribution in [1.29, 1.82) is 0 Å². The minimum atomic E-state index is -1.27. The number of hydrogen-bond donors (Lipinski definition) is 4. The molecule has 7 heteroatoms. The molecule has 3 amide bonds. The Morgan fingerprint density at radius 3 is 2.25 bits per heavy atom. The first kappa shape index (κ1) is 14.6. The fourth-order valence-electron chi connectivity index (χ4n) is 2.08. The van der Waals surface area contributed by atoms with Crippen molar-refractivity contribution < 1.29 is 19.5 Å². The first-order chi connectivity index (χ1) is 9.33. The van der Waals surface area contributed by atoms with Gasteiger partial charge in [-0.1, -0.05) is 0 Å². The standard InChI is InChI=1S/C13H21N3O4/c1-7(10(17)15-9-5-6-9)14-12(20)16-13(2,11(18)19)8-3-4-8/h7-9H,3-6H2,1-2H3,(H,15,17)(H,18,19)(H2,14,16,20). The minimum Gasteiger partial charge on any atom is -0.480 e. The third kappa shape index (κ3) is 3.40. The van der Waals surface area contributed by atoms with Crippen LogP contribution in [-0.4, -0.2) is 40.6 Å². The van der Waals surface area contributed by atoms with Crippen LogP contribution in [0.25, 0.3) is 0 Å². The van der Waals surface area contributed by atoms with Gasteiger partial charge in [0.1, 0.15) is 11.6 Å². The Bertz CT molecular complexity index is 431. The third-order valence-electron chi connectivity index (χ3n) is 3.88. The molecule has 2 fully saturated rings. The topological polar surface area (TPSA) is 108 Å². The summed E-state index contributed by atoms with van der Waals surface area (Å²) < 4.78 is 0. The summed E-state index contributed by atoms with van der Waals surface area (Å²) in [6.07, 6.45) is 3.54. The molecule has 4 N–H and O–H groups in total. The number of carbonyl (C=O) groups excluding carboxylic acids is 2. The van der Waals surface area contributed by atoms with Crippen molar-refractivity contribution in [1.82, 2.24) is 16.0 Å². The monoisotopic (exact) mass is 283 g/mol. The second-order valence-corrected chi connectivity index (χ2v) is 5.88. The Hall–Kier alpha value is -1.79. The van der Waals surface area contributed by atoms with Gasteiger partial charge in [0.25, 0.3) is 0 Å². The lowest BCUT2D eigenvalue weighted by atomic mass is 9.96. The lowest BCUT2D eigenvalue weighted by Crippen LogP contribution is -2.59. The van der Waals surface area contributed by atoms with Gasteiger partial charge in [0.2, 0.25) is 5.91 Å². The molecule has 2 aliphatic carbocycles. The predicted octanol–water partition coefficient (Wildman–Crippen LogP) is 0.206. The Morgan fingerprint density at radius 2 is 1.80 bits per heavy atom. The van der Waals surface area contributed by atoms with Gasteiger partial charge in [0.05, 0.1) is 0 Å². The number of urea groups is 1. The second kappa shape index (κ2) is 5.30. The average Bonchev–Trinajstić information content (AvgIpc) is 3.21. The molecule has 2 atom stereocenters. The predicted molar refractivity (Wildman–Crippen MR) is 71.1 cm³/mol. The highest BCUT2D eigenvalue weighted by Crippen LogP contribution is 2.39. The molecule has 0 aromatic carbocycles. The molecule has 0 aromatic heterocycles. The van der Waals surface area contributed by atoms with Gasteiger partial charge < -0.3 is 21.1 Å². The maximum atomic E-state index is 11.8. The van der Waals surface area contributed by atoms with E-state index in [0.29, 0.717) is 0 Å². The molecule has 0 radical (unpaired) electrons. The SMILES string of the molecule is CC(NC(=O)NC(C)(C(=O)O)C1CC1)C(=O)NC1CC1. The molecule has 2 rings (SSSR count). The molecule has 0 aromatic rings. The van der Waals surface area contributed by atoms with Crippen molar-refractivity contribution in [2.24, 2.45) is 5.92 Å². The van der Waals surface area contributed by atoms with Crippen LogP contribution >= 0.6 is 0 Å². The van der Waals surface area contributed by atoms with E-state index in [1.165, 1.54) is 6.92 Å². The van der Waals surface area contributed by atoms with Crippen molar-refractivity contribution in [2.45, 2.75) is 57.2 Å². The number of carboxylic acids is 1. The van der Waals surface area contributed by atoms with Crippen LogP contribution in [0.4, 0.5) is 4.79 Å². The molecule has 2 saturated carbocycles. The van der Waals surface area contributed by atoms with E-state index in [9.17, 15) is 19.5 Å². The summed E-state index contributed by atoms with van der Waals surface area (Å²) in [6, 6.07) is -1.08. The maximum absolute atomic E-state index is 11.8. The van der Waals surface area contributed by atoms with Gasteiger partial charge >= 0.3 is 12.0 Å². The van der Waals surface area contributed by atoms with E-state index in [-0.39, 0.29) is 17.9 Å². The number of amides is 3. The van der Waals surface area contributed by atoms with E-state index in [4.69, 9.17) is 0 Å². The number of nitrogens with one attached hydrogen (secondary N) is 3. The second-order valence-electron chi connectivity index (χ2n) is 5.88. The smallest absolute Gasteiger partial charge is 0.329 e. The van der Waals surface area contributed by atoms with E-state index >= 15 is 0 Å². The molecule has 0 saturated heterocycles. The summed E-state index contributed by atoms with van der Waals surface area (Å²) in [5, 5.41) is 17.0. The van der Waals surface area contributed by atoms with Gasteiger partial charge in [-0.25, -0.2) is 9.59 Å². The van der Waals surface area contributed by atoms with Gasteiger partial charge in [-0.05, 0) is 45.4 Å². The Balaban J connectivity index is 1.84. The van der Waals surface area contributed by atoms with Crippen LogP contribution in [0.2, 0.25) is 0 Å². The zero-order valence-electron chi connectivity index (χ0n) is 11.7. The van der Waals surface area contributed by atoms with Crippen LogP contribution in [-0.2, 0) is 9.59 Å². The minimum absolute atomic E-state index is 0.0404. The van der Waals surface area contributed by atoms with Crippen molar-refractivity contribution in [3.8, 4) is 0 Å². The highest BCUT2D eigenvalue weighted by Gasteiger charge is 2.48. The Labute approximate surface area is 117 Å². The fourth-order valence-corrected chi connectivity index (χ4v) is 2.08. The summed E-state index contributed by atoms with van der Waals surface area (Å²) >= 11 is 0. The van der Waals surface area contributed by atoms with Gasteiger partial charge in [-0.15, -0.1) is 0 Å². The van der Waals surface area contributed by atoms with Crippen LogP contribution in [0.15, 0.2) is 0 Å². The fraction of sp³-hybridized carbons (Fsp3) is 0.769. The van der Waals surface area contributed by atoms with Crippen molar-refractivity contribution >= 4 is 17.9 Å². The molecule has 7 nitrogen and oxygen atoms in total. The lowest BCUT2D eigenvalue weighted by molar-refractivity contribution is -0.144. The molecular formula is C13H21N3O4. The Morgan fingerprint density at radius 1 is 1.20 bits per heavy atom. The molecule has 20 heavy (non-hydrogen) atoms. The van der Waals surface area contributed by atoms with Gasteiger partial charge in [0.15, 0.2) is 0 Å². The summed E-state index contributed by atoms with van der Waals surface area (Å²) in [7, 11) is 0. The normalized spacial score (nSPS) is 22.3. The molecule has 0 heterocycles. The molecule has 112 valence electrons. The number of carboxylic acid groups (broad SMARTS) is 1. The van der Waals surface area contributed by atoms with Crippen molar-refractivity contribution in [3.63, 3.8) is 0 Å². The number of hydrogen-bond acceptors (Lipinski definition) is 3. The zero-order valence-corrected chi connectivity index (χ0v) is 11.7.